The summed E-state index contributed by atoms with van der Waals surface area (Å²) in [5, 5.41) is 1.03. The minimum atomic E-state index is -0.388. The smallest absolute Gasteiger partial charge is 0.352 e. The Morgan fingerprint density at radius 1 is 1.42 bits per heavy atom. The zero-order valence-electron chi connectivity index (χ0n) is 10.9. The van der Waals surface area contributed by atoms with E-state index in [0.717, 1.165) is 10.4 Å². The maximum atomic E-state index is 12.0. The Hall–Kier alpha value is -1.33. The number of rotatable bonds is 4. The normalized spacial score (nSPS) is 10.7. The van der Waals surface area contributed by atoms with Gasteiger partial charge in [-0.15, -0.1) is 11.3 Å². The number of carbonyl (C=O) groups excluding carboxylic acids is 1. The van der Waals surface area contributed by atoms with Crippen LogP contribution in [0.1, 0.15) is 29.2 Å². The summed E-state index contributed by atoms with van der Waals surface area (Å²) in [6.07, 6.45) is 0. The second kappa shape index (κ2) is 5.75. The summed E-state index contributed by atoms with van der Waals surface area (Å²) in [6, 6.07) is 1.89. The minimum Gasteiger partial charge on any atom is -0.491 e. The molecule has 0 bridgehead atoms. The van der Waals surface area contributed by atoms with Gasteiger partial charge in [0.25, 0.3) is 0 Å². The molecule has 0 aliphatic rings. The first kappa shape index (κ1) is 14.1. The van der Waals surface area contributed by atoms with Gasteiger partial charge < -0.3 is 9.47 Å². The van der Waals surface area contributed by atoms with Gasteiger partial charge in [-0.3, -0.25) is 0 Å². The molecule has 0 saturated heterocycles. The molecule has 102 valence electrons. The van der Waals surface area contributed by atoms with Crippen molar-refractivity contribution < 1.29 is 14.3 Å². The number of aryl methyl sites for hydroxylation is 1. The number of halogens is 1. The van der Waals surface area contributed by atoms with E-state index < -0.39 is 0 Å². The second-order valence-corrected chi connectivity index (χ2v) is 5.25. The maximum absolute atomic E-state index is 12.0. The lowest BCUT2D eigenvalue weighted by molar-refractivity contribution is 0.0528. The third-order valence-electron chi connectivity index (χ3n) is 2.46. The zero-order valence-corrected chi connectivity index (χ0v) is 12.5. The third-order valence-corrected chi connectivity index (χ3v) is 3.83. The van der Waals surface area contributed by atoms with E-state index in [9.17, 15) is 4.79 Å². The average molecular weight is 300 g/mol. The molecule has 0 aliphatic heterocycles. The van der Waals surface area contributed by atoms with Crippen molar-refractivity contribution in [1.29, 1.82) is 0 Å². The van der Waals surface area contributed by atoms with Gasteiger partial charge in [-0.05, 0) is 26.8 Å². The summed E-state index contributed by atoms with van der Waals surface area (Å²) in [5.41, 5.74) is 0.803. The van der Waals surface area contributed by atoms with Crippen LogP contribution in [0.4, 0.5) is 0 Å². The summed E-state index contributed by atoms with van der Waals surface area (Å²) in [7, 11) is 0. The molecule has 2 aromatic heterocycles. The summed E-state index contributed by atoms with van der Waals surface area (Å²) >= 11 is 7.48. The van der Waals surface area contributed by atoms with Crippen molar-refractivity contribution in [2.75, 3.05) is 13.2 Å². The Morgan fingerprint density at radius 3 is 2.79 bits per heavy atom. The van der Waals surface area contributed by atoms with E-state index >= 15 is 0 Å². The third kappa shape index (κ3) is 2.67. The van der Waals surface area contributed by atoms with E-state index in [1.165, 1.54) is 11.3 Å². The molecule has 2 rings (SSSR count). The summed E-state index contributed by atoms with van der Waals surface area (Å²) in [5.74, 6) is 0.0827. The quantitative estimate of drug-likeness (QED) is 0.636. The summed E-state index contributed by atoms with van der Waals surface area (Å²) in [4.78, 5) is 16.6. The fourth-order valence-corrected chi connectivity index (χ4v) is 3.29. The molecule has 0 aliphatic carbocycles. The van der Waals surface area contributed by atoms with Crippen molar-refractivity contribution in [2.24, 2.45) is 0 Å². The number of hydrogen-bond donors (Lipinski definition) is 0. The van der Waals surface area contributed by atoms with Crippen LogP contribution in [0.2, 0.25) is 5.15 Å². The number of thiophene rings is 1. The van der Waals surface area contributed by atoms with Gasteiger partial charge in [0.2, 0.25) is 0 Å². The Balaban J connectivity index is 2.66. The van der Waals surface area contributed by atoms with Gasteiger partial charge in [0.15, 0.2) is 10.6 Å². The Kier molecular flexibility index (Phi) is 4.27. The molecule has 0 N–H and O–H groups in total. The monoisotopic (exact) mass is 299 g/mol. The van der Waals surface area contributed by atoms with Crippen LogP contribution in [0.5, 0.6) is 5.75 Å². The van der Waals surface area contributed by atoms with Crippen LogP contribution in [0, 0.1) is 6.92 Å². The predicted octanol–water partition coefficient (Wildman–Crippen LogP) is 3.83. The summed E-state index contributed by atoms with van der Waals surface area (Å²) in [6.45, 7) is 6.25. The highest BCUT2D eigenvalue weighted by Gasteiger charge is 2.23. The molecule has 0 aromatic carbocycles. The minimum absolute atomic E-state index is 0.323. The first-order valence-corrected chi connectivity index (χ1v) is 7.17. The van der Waals surface area contributed by atoms with Crippen LogP contribution in [0.3, 0.4) is 0 Å². The van der Waals surface area contributed by atoms with Crippen molar-refractivity contribution in [2.45, 2.75) is 20.8 Å². The van der Waals surface area contributed by atoms with E-state index in [2.05, 4.69) is 4.98 Å². The van der Waals surface area contributed by atoms with Crippen molar-refractivity contribution in [3.05, 3.63) is 21.8 Å². The van der Waals surface area contributed by atoms with Crippen LogP contribution < -0.4 is 4.74 Å². The van der Waals surface area contributed by atoms with E-state index in [0.29, 0.717) is 34.4 Å². The van der Waals surface area contributed by atoms with Crippen LogP contribution >= 0.6 is 22.9 Å². The van der Waals surface area contributed by atoms with Gasteiger partial charge >= 0.3 is 5.97 Å². The molecule has 0 saturated carbocycles. The SMILES string of the molecule is CCOC(=O)c1sc2cc(C)nc(Cl)c2c1OCC. The second-order valence-electron chi connectivity index (χ2n) is 3.84. The lowest BCUT2D eigenvalue weighted by atomic mass is 10.2. The topological polar surface area (TPSA) is 48.4 Å². The molecule has 0 amide bonds. The number of ether oxygens (including phenoxy) is 2. The zero-order chi connectivity index (χ0) is 14.0. The standard InChI is InChI=1S/C13H14ClNO3S/c1-4-17-10-9-8(6-7(3)15-12(9)14)19-11(10)13(16)18-5-2/h6H,4-5H2,1-3H3. The Morgan fingerprint density at radius 2 is 2.16 bits per heavy atom. The molecule has 0 spiro atoms. The average Bonchev–Trinajstić information content (AvgIpc) is 2.69. The number of carbonyl (C=O) groups is 1. The van der Waals surface area contributed by atoms with Crippen molar-refractivity contribution in [3.63, 3.8) is 0 Å². The van der Waals surface area contributed by atoms with Gasteiger partial charge in [-0.1, -0.05) is 11.6 Å². The number of hydrogen-bond acceptors (Lipinski definition) is 5. The molecule has 4 nitrogen and oxygen atoms in total. The predicted molar refractivity (Wildman–Crippen MR) is 76.5 cm³/mol. The molecule has 2 aromatic rings. The van der Waals surface area contributed by atoms with Gasteiger partial charge in [-0.2, -0.15) is 0 Å². The van der Waals surface area contributed by atoms with Crippen LogP contribution in [0.25, 0.3) is 10.1 Å². The van der Waals surface area contributed by atoms with Crippen molar-refractivity contribution in [1.82, 2.24) is 4.98 Å². The summed E-state index contributed by atoms with van der Waals surface area (Å²) < 4.78 is 11.5. The lowest BCUT2D eigenvalue weighted by Gasteiger charge is -2.05. The molecule has 0 radical (unpaired) electrons. The van der Waals surface area contributed by atoms with Gasteiger partial charge in [0.1, 0.15) is 5.15 Å². The molecule has 0 atom stereocenters. The molecular weight excluding hydrogens is 286 g/mol. The number of fused-ring (bicyclic) bond motifs is 1. The molecule has 19 heavy (non-hydrogen) atoms. The fourth-order valence-electron chi connectivity index (χ4n) is 1.78. The van der Waals surface area contributed by atoms with E-state index in [-0.39, 0.29) is 5.97 Å². The number of esters is 1. The van der Waals surface area contributed by atoms with Crippen LogP contribution in [-0.4, -0.2) is 24.2 Å². The molecular formula is C13H14ClNO3S. The first-order valence-electron chi connectivity index (χ1n) is 5.98. The lowest BCUT2D eigenvalue weighted by Crippen LogP contribution is -2.05. The number of aromatic nitrogens is 1. The Bertz CT molecular complexity index is 624. The van der Waals surface area contributed by atoms with Crippen LogP contribution in [-0.2, 0) is 4.74 Å². The molecule has 6 heteroatoms. The molecule has 0 fully saturated rings. The van der Waals surface area contributed by atoms with E-state index in [1.807, 2.05) is 19.9 Å². The maximum Gasteiger partial charge on any atom is 0.352 e. The largest absolute Gasteiger partial charge is 0.491 e. The first-order chi connectivity index (χ1) is 9.08. The van der Waals surface area contributed by atoms with Crippen LogP contribution in [0.15, 0.2) is 6.07 Å². The number of nitrogens with zero attached hydrogens (tertiary/aromatic N) is 1. The highest BCUT2D eigenvalue weighted by Crippen LogP contribution is 2.41. The van der Waals surface area contributed by atoms with E-state index in [4.69, 9.17) is 21.1 Å². The molecule has 2 heterocycles. The van der Waals surface area contributed by atoms with Crippen molar-refractivity contribution >= 4 is 39.0 Å². The van der Waals surface area contributed by atoms with Gasteiger partial charge in [-0.25, -0.2) is 9.78 Å². The van der Waals surface area contributed by atoms with Gasteiger partial charge in [0, 0.05) is 10.4 Å². The van der Waals surface area contributed by atoms with Crippen molar-refractivity contribution in [3.8, 4) is 5.75 Å². The van der Waals surface area contributed by atoms with E-state index in [1.54, 1.807) is 6.92 Å². The van der Waals surface area contributed by atoms with Gasteiger partial charge in [0.05, 0.1) is 18.6 Å². The Labute approximate surface area is 120 Å². The highest BCUT2D eigenvalue weighted by molar-refractivity contribution is 7.21. The molecule has 0 unspecified atom stereocenters. The fraction of sp³-hybridized carbons (Fsp3) is 0.385. The number of pyridine rings is 1. The highest BCUT2D eigenvalue weighted by atomic mass is 35.5.